The van der Waals surface area contributed by atoms with Crippen molar-refractivity contribution >= 4 is 29.5 Å². The Morgan fingerprint density at radius 1 is 0.778 bits per heavy atom. The molecule has 0 unspecified atom stereocenters. The van der Waals surface area contributed by atoms with Crippen LogP contribution in [0.15, 0.2) is 24.3 Å². The number of aliphatic carboxylic acids is 3. The minimum Gasteiger partial charge on any atom is -0.480 e. The maximum Gasteiger partial charge on any atom is 0.317 e. The van der Waals surface area contributed by atoms with Gasteiger partial charge in [-0.2, -0.15) is 0 Å². The van der Waals surface area contributed by atoms with E-state index in [0.717, 1.165) is 5.56 Å². The maximum atomic E-state index is 12.7. The fourth-order valence-electron chi connectivity index (χ4n) is 3.40. The second-order valence-corrected chi connectivity index (χ2v) is 8.23. The monoisotopic (exact) mass is 510 g/mol. The number of carbonyl (C=O) groups excluding carboxylic acids is 1. The summed E-state index contributed by atoms with van der Waals surface area (Å²) in [4.78, 5) is 51.0. The molecular formula is C23H38N6O7. The zero-order chi connectivity index (χ0) is 26.9. The second-order valence-electron chi connectivity index (χ2n) is 8.23. The molecule has 7 N–H and O–H groups in total. The van der Waals surface area contributed by atoms with Gasteiger partial charge in [0.25, 0.3) is 0 Å². The van der Waals surface area contributed by atoms with Crippen LogP contribution in [0.2, 0.25) is 0 Å². The summed E-state index contributed by atoms with van der Waals surface area (Å²) in [5.74, 6) is -3.22. The third-order valence-electron chi connectivity index (χ3n) is 5.35. The number of carboxylic acids is 3. The lowest BCUT2D eigenvalue weighted by atomic mass is 10.2. The Kier molecular flexibility index (Phi) is 14.9. The molecule has 1 amide bonds. The number of carbonyl (C=O) groups is 4. The van der Waals surface area contributed by atoms with Gasteiger partial charge in [0, 0.05) is 51.5 Å². The molecule has 0 fully saturated rings. The highest BCUT2D eigenvalue weighted by molar-refractivity contribution is 5.92. The van der Waals surface area contributed by atoms with E-state index in [4.69, 9.17) is 15.9 Å². The number of benzene rings is 1. The van der Waals surface area contributed by atoms with E-state index < -0.39 is 17.9 Å². The van der Waals surface area contributed by atoms with Crippen LogP contribution in [-0.2, 0) is 25.7 Å². The van der Waals surface area contributed by atoms with Crippen LogP contribution in [0.4, 0.5) is 5.69 Å². The van der Waals surface area contributed by atoms with Crippen molar-refractivity contribution in [3.8, 4) is 0 Å². The number of hydrogen-bond donors (Lipinski definition) is 6. The van der Waals surface area contributed by atoms with Crippen LogP contribution in [0.5, 0.6) is 0 Å². The van der Waals surface area contributed by atoms with Crippen molar-refractivity contribution in [1.82, 2.24) is 20.0 Å². The van der Waals surface area contributed by atoms with Crippen molar-refractivity contribution in [3.63, 3.8) is 0 Å². The van der Waals surface area contributed by atoms with Crippen LogP contribution < -0.4 is 16.4 Å². The molecule has 0 aliphatic carbocycles. The molecule has 0 bridgehead atoms. The van der Waals surface area contributed by atoms with Gasteiger partial charge in [-0.15, -0.1) is 0 Å². The molecule has 1 rings (SSSR count). The highest BCUT2D eigenvalue weighted by Crippen LogP contribution is 2.09. The van der Waals surface area contributed by atoms with E-state index in [2.05, 4.69) is 10.6 Å². The van der Waals surface area contributed by atoms with Crippen molar-refractivity contribution in [2.75, 3.05) is 77.3 Å². The molecule has 0 heterocycles. The molecule has 1 aromatic carbocycles. The first kappa shape index (κ1) is 30.9. The summed E-state index contributed by atoms with van der Waals surface area (Å²) < 4.78 is 0. The van der Waals surface area contributed by atoms with E-state index in [1.807, 2.05) is 24.0 Å². The molecule has 202 valence electrons. The van der Waals surface area contributed by atoms with Gasteiger partial charge in [0.2, 0.25) is 5.91 Å². The Morgan fingerprint density at radius 2 is 1.31 bits per heavy atom. The lowest BCUT2D eigenvalue weighted by molar-refractivity contribution is -0.139. The molecule has 13 heteroatoms. The summed E-state index contributed by atoms with van der Waals surface area (Å²) in [5, 5.41) is 32.6. The van der Waals surface area contributed by atoms with Crippen LogP contribution >= 0.6 is 0 Å². The quantitative estimate of drug-likeness (QED) is 0.116. The number of hydrogen-bond acceptors (Lipinski definition) is 9. The minimum absolute atomic E-state index is 0.0292. The number of carboxylic acid groups (broad SMARTS) is 3. The molecular weight excluding hydrogens is 472 g/mol. The number of anilines is 1. The van der Waals surface area contributed by atoms with E-state index in [0.29, 0.717) is 58.0 Å². The first-order chi connectivity index (χ1) is 17.1. The van der Waals surface area contributed by atoms with Crippen LogP contribution in [0.3, 0.4) is 0 Å². The Morgan fingerprint density at radius 3 is 1.81 bits per heavy atom. The van der Waals surface area contributed by atoms with E-state index >= 15 is 0 Å². The average molecular weight is 511 g/mol. The Labute approximate surface area is 210 Å². The van der Waals surface area contributed by atoms with E-state index in [9.17, 15) is 24.3 Å². The van der Waals surface area contributed by atoms with Gasteiger partial charge in [0.05, 0.1) is 26.2 Å². The fourth-order valence-corrected chi connectivity index (χ4v) is 3.40. The fraction of sp³-hybridized carbons (Fsp3) is 0.565. The molecule has 13 nitrogen and oxygen atoms in total. The number of amides is 1. The van der Waals surface area contributed by atoms with Crippen LogP contribution in [0.25, 0.3) is 0 Å². The van der Waals surface area contributed by atoms with Crippen molar-refractivity contribution in [2.24, 2.45) is 5.73 Å². The van der Waals surface area contributed by atoms with Gasteiger partial charge in [0.15, 0.2) is 0 Å². The van der Waals surface area contributed by atoms with Gasteiger partial charge >= 0.3 is 17.9 Å². The van der Waals surface area contributed by atoms with Crippen molar-refractivity contribution in [1.29, 1.82) is 0 Å². The number of likely N-dealkylation sites (N-methyl/N-ethyl adjacent to an activating group) is 1. The van der Waals surface area contributed by atoms with E-state index in [-0.39, 0.29) is 32.1 Å². The van der Waals surface area contributed by atoms with Gasteiger partial charge in [-0.25, -0.2) is 0 Å². The molecule has 0 aliphatic rings. The molecule has 0 saturated heterocycles. The Bertz CT molecular complexity index is 837. The van der Waals surface area contributed by atoms with Crippen molar-refractivity contribution in [2.45, 2.75) is 13.5 Å². The summed E-state index contributed by atoms with van der Waals surface area (Å²) >= 11 is 0. The smallest absolute Gasteiger partial charge is 0.317 e. The average Bonchev–Trinajstić information content (AvgIpc) is 2.81. The lowest BCUT2D eigenvalue weighted by Crippen LogP contribution is -2.45. The third kappa shape index (κ3) is 14.3. The lowest BCUT2D eigenvalue weighted by Gasteiger charge is -2.28. The highest BCUT2D eigenvalue weighted by atomic mass is 16.4. The molecule has 36 heavy (non-hydrogen) atoms. The van der Waals surface area contributed by atoms with Crippen LogP contribution in [0.1, 0.15) is 12.5 Å². The summed E-state index contributed by atoms with van der Waals surface area (Å²) in [7, 11) is 0. The zero-order valence-corrected chi connectivity index (χ0v) is 20.7. The van der Waals surface area contributed by atoms with Gasteiger partial charge in [-0.3, -0.25) is 33.9 Å². The summed E-state index contributed by atoms with van der Waals surface area (Å²) in [5.41, 5.74) is 7.16. The summed E-state index contributed by atoms with van der Waals surface area (Å²) in [6, 6.07) is 7.16. The van der Waals surface area contributed by atoms with Gasteiger partial charge in [0.1, 0.15) is 0 Å². The number of nitrogens with two attached hydrogens (primary N) is 1. The Balaban J connectivity index is 2.78. The summed E-state index contributed by atoms with van der Waals surface area (Å²) in [6.07, 6.45) is 0. The van der Waals surface area contributed by atoms with Gasteiger partial charge < -0.3 is 31.7 Å². The highest BCUT2D eigenvalue weighted by Gasteiger charge is 2.17. The topological polar surface area (TPSA) is 189 Å². The largest absolute Gasteiger partial charge is 0.480 e. The van der Waals surface area contributed by atoms with E-state index in [1.54, 1.807) is 21.9 Å². The normalized spacial score (nSPS) is 11.2. The standard InChI is InChI=1S/C23H38N6O7/c1-2-27(16-22(33)34)9-10-29(15-20(30)26-19-5-3-18(13-24)4-6-19)12-11-28(17-23(35)36)8-7-25-14-21(31)32/h3-6,25H,2,7-17,24H2,1H3,(H,26,30)(H,31,32)(H,33,34)(H,35,36). The summed E-state index contributed by atoms with van der Waals surface area (Å²) in [6.45, 7) is 4.33. The maximum absolute atomic E-state index is 12.7. The molecule has 0 aromatic heterocycles. The SMILES string of the molecule is CCN(CCN(CCN(CCNCC(=O)O)CC(=O)O)CC(=O)Nc1ccc(CN)cc1)CC(=O)O. The van der Waals surface area contributed by atoms with Gasteiger partial charge in [-0.05, 0) is 24.2 Å². The third-order valence-corrected chi connectivity index (χ3v) is 5.35. The van der Waals surface area contributed by atoms with E-state index in [1.165, 1.54) is 0 Å². The zero-order valence-electron chi connectivity index (χ0n) is 20.7. The number of rotatable bonds is 20. The number of nitrogens with zero attached hydrogens (tertiary/aromatic N) is 3. The molecule has 0 atom stereocenters. The molecule has 0 saturated carbocycles. The van der Waals surface area contributed by atoms with Gasteiger partial charge in [-0.1, -0.05) is 19.1 Å². The second kappa shape index (κ2) is 17.3. The first-order valence-electron chi connectivity index (χ1n) is 11.7. The molecule has 0 radical (unpaired) electrons. The van der Waals surface area contributed by atoms with Crippen molar-refractivity contribution < 1.29 is 34.5 Å². The Hall–Kier alpha value is -3.10. The predicted octanol–water partition coefficient (Wildman–Crippen LogP) is -1.15. The number of nitrogens with one attached hydrogen (secondary N) is 2. The first-order valence-corrected chi connectivity index (χ1v) is 11.7. The molecule has 0 spiro atoms. The molecule has 1 aromatic rings. The predicted molar refractivity (Wildman–Crippen MR) is 134 cm³/mol. The van der Waals surface area contributed by atoms with Crippen LogP contribution in [0, 0.1) is 0 Å². The van der Waals surface area contributed by atoms with Crippen molar-refractivity contribution in [3.05, 3.63) is 29.8 Å². The van der Waals surface area contributed by atoms with Crippen LogP contribution in [-0.4, -0.2) is 126 Å². The molecule has 0 aliphatic heterocycles. The minimum atomic E-state index is -1.02.